The van der Waals surface area contributed by atoms with Crippen LogP contribution in [-0.4, -0.2) is 31.7 Å². The van der Waals surface area contributed by atoms with Gasteiger partial charge < -0.3 is 19.4 Å². The zero-order valence-corrected chi connectivity index (χ0v) is 11.9. The van der Waals surface area contributed by atoms with Gasteiger partial charge in [-0.3, -0.25) is 0 Å². The van der Waals surface area contributed by atoms with Crippen molar-refractivity contribution in [2.75, 3.05) is 20.8 Å². The van der Waals surface area contributed by atoms with Crippen molar-refractivity contribution in [1.82, 2.24) is 0 Å². The van der Waals surface area contributed by atoms with E-state index < -0.39 is 0 Å². The summed E-state index contributed by atoms with van der Waals surface area (Å²) in [6, 6.07) is 14.5. The maximum atomic E-state index is 9.16. The summed E-state index contributed by atoms with van der Waals surface area (Å²) in [5.41, 5.74) is 1.18. The van der Waals surface area contributed by atoms with Gasteiger partial charge in [0.25, 0.3) is 0 Å². The van der Waals surface area contributed by atoms with Crippen molar-refractivity contribution in [3.05, 3.63) is 54.1 Å². The number of methoxy groups -OCH3 is 2. The predicted octanol–water partition coefficient (Wildman–Crippen LogP) is 2.96. The van der Waals surface area contributed by atoms with Crippen LogP contribution in [0.15, 0.2) is 53.7 Å². The molecule has 0 unspecified atom stereocenters. The summed E-state index contributed by atoms with van der Waals surface area (Å²) >= 11 is 0. The molecule has 0 heterocycles. The predicted molar refractivity (Wildman–Crippen MR) is 79.8 cm³/mol. The maximum Gasteiger partial charge on any atom is 0.161 e. The van der Waals surface area contributed by atoms with Crippen LogP contribution in [0.25, 0.3) is 0 Å². The molecule has 0 amide bonds. The van der Waals surface area contributed by atoms with E-state index in [4.69, 9.17) is 19.4 Å². The molecule has 5 nitrogen and oxygen atoms in total. The molecule has 2 aromatic rings. The third-order valence-corrected chi connectivity index (χ3v) is 2.98. The minimum atomic E-state index is 0.128. The molecule has 2 aromatic carbocycles. The zero-order valence-electron chi connectivity index (χ0n) is 11.9. The Kier molecular flexibility index (Phi) is 5.04. The van der Waals surface area contributed by atoms with Crippen molar-refractivity contribution in [3.8, 4) is 17.2 Å². The number of para-hydroxylation sites is 2. The van der Waals surface area contributed by atoms with Crippen LogP contribution in [0.2, 0.25) is 0 Å². The first kappa shape index (κ1) is 14.7. The number of ether oxygens (including phenoxy) is 3. The summed E-state index contributed by atoms with van der Waals surface area (Å²) in [5, 5.41) is 12.5. The highest BCUT2D eigenvalue weighted by atomic mass is 16.5. The fraction of sp³-hybridized carbons (Fsp3) is 0.188. The smallest absolute Gasteiger partial charge is 0.161 e. The van der Waals surface area contributed by atoms with E-state index in [1.807, 2.05) is 12.1 Å². The van der Waals surface area contributed by atoms with Crippen LogP contribution in [-0.2, 0) is 0 Å². The van der Waals surface area contributed by atoms with Crippen molar-refractivity contribution < 1.29 is 19.4 Å². The van der Waals surface area contributed by atoms with Gasteiger partial charge in [0.05, 0.1) is 14.2 Å². The molecule has 110 valence electrons. The average molecular weight is 287 g/mol. The van der Waals surface area contributed by atoms with Crippen LogP contribution in [0.4, 0.5) is 0 Å². The first-order valence-corrected chi connectivity index (χ1v) is 6.39. The van der Waals surface area contributed by atoms with Gasteiger partial charge in [0.1, 0.15) is 18.1 Å². The second kappa shape index (κ2) is 7.19. The Bertz CT molecular complexity index is 608. The Hall–Kier alpha value is -2.69. The molecule has 0 aliphatic rings. The van der Waals surface area contributed by atoms with Crippen molar-refractivity contribution >= 4 is 5.71 Å². The van der Waals surface area contributed by atoms with Crippen molar-refractivity contribution in [1.29, 1.82) is 0 Å². The highest BCUT2D eigenvalue weighted by Crippen LogP contribution is 2.26. The van der Waals surface area contributed by atoms with E-state index in [1.165, 1.54) is 0 Å². The van der Waals surface area contributed by atoms with Crippen LogP contribution in [0.1, 0.15) is 5.56 Å². The molecule has 0 atom stereocenters. The number of oxime groups is 1. The molecule has 0 radical (unpaired) electrons. The summed E-state index contributed by atoms with van der Waals surface area (Å²) in [6.45, 7) is 0.128. The molecule has 0 bridgehead atoms. The number of hydrogen-bond donors (Lipinski definition) is 1. The summed E-state index contributed by atoms with van der Waals surface area (Å²) in [4.78, 5) is 0. The summed E-state index contributed by atoms with van der Waals surface area (Å²) in [6.07, 6.45) is 0. The highest BCUT2D eigenvalue weighted by Gasteiger charge is 2.08. The normalized spacial score (nSPS) is 11.0. The molecular formula is C16H17NO4. The van der Waals surface area contributed by atoms with E-state index in [2.05, 4.69) is 5.16 Å². The molecule has 0 spiro atoms. The fourth-order valence-corrected chi connectivity index (χ4v) is 1.84. The van der Waals surface area contributed by atoms with Gasteiger partial charge in [-0.05, 0) is 36.4 Å². The van der Waals surface area contributed by atoms with E-state index in [0.29, 0.717) is 17.2 Å². The minimum Gasteiger partial charge on any atom is -0.497 e. The van der Waals surface area contributed by atoms with E-state index in [0.717, 1.165) is 11.3 Å². The largest absolute Gasteiger partial charge is 0.497 e. The maximum absolute atomic E-state index is 9.16. The number of rotatable bonds is 6. The molecule has 0 saturated carbocycles. The minimum absolute atomic E-state index is 0.128. The summed E-state index contributed by atoms with van der Waals surface area (Å²) in [5.74, 6) is 1.96. The quantitative estimate of drug-likeness (QED) is 0.504. The van der Waals surface area contributed by atoms with Gasteiger partial charge in [0.2, 0.25) is 0 Å². The second-order valence-electron chi connectivity index (χ2n) is 4.21. The third-order valence-electron chi connectivity index (χ3n) is 2.98. The molecule has 2 rings (SSSR count). The third kappa shape index (κ3) is 3.66. The monoisotopic (exact) mass is 287 g/mol. The fourth-order valence-electron chi connectivity index (χ4n) is 1.84. The number of benzene rings is 2. The van der Waals surface area contributed by atoms with Gasteiger partial charge in [-0.25, -0.2) is 0 Å². The van der Waals surface area contributed by atoms with E-state index >= 15 is 0 Å². The Morgan fingerprint density at radius 3 is 2.19 bits per heavy atom. The van der Waals surface area contributed by atoms with Gasteiger partial charge in [-0.15, -0.1) is 0 Å². The van der Waals surface area contributed by atoms with Gasteiger partial charge in [-0.2, -0.15) is 0 Å². The zero-order chi connectivity index (χ0) is 15.1. The van der Waals surface area contributed by atoms with Gasteiger partial charge in [0, 0.05) is 5.56 Å². The van der Waals surface area contributed by atoms with E-state index in [9.17, 15) is 0 Å². The number of nitrogens with zero attached hydrogens (tertiary/aromatic N) is 1. The molecule has 21 heavy (non-hydrogen) atoms. The van der Waals surface area contributed by atoms with Crippen molar-refractivity contribution in [2.24, 2.45) is 5.16 Å². The van der Waals surface area contributed by atoms with Gasteiger partial charge in [-0.1, -0.05) is 17.3 Å². The lowest BCUT2D eigenvalue weighted by atomic mass is 10.1. The van der Waals surface area contributed by atoms with E-state index in [-0.39, 0.29) is 6.61 Å². The Morgan fingerprint density at radius 2 is 1.62 bits per heavy atom. The Balaban J connectivity index is 2.09. The molecule has 5 heteroatoms. The topological polar surface area (TPSA) is 60.3 Å². The van der Waals surface area contributed by atoms with Crippen LogP contribution in [0.3, 0.4) is 0 Å². The van der Waals surface area contributed by atoms with Crippen LogP contribution >= 0.6 is 0 Å². The van der Waals surface area contributed by atoms with Crippen LogP contribution < -0.4 is 14.2 Å². The lowest BCUT2D eigenvalue weighted by Gasteiger charge is -2.11. The Morgan fingerprint density at radius 1 is 0.952 bits per heavy atom. The first-order valence-electron chi connectivity index (χ1n) is 6.39. The standard InChI is InChI=1S/C16H17NO4/c1-19-13-9-7-12(8-10-13)14(17-18)11-21-16-6-4-3-5-15(16)20-2/h3-10,18H,11H2,1-2H3. The molecule has 0 saturated heterocycles. The molecule has 1 N–H and O–H groups in total. The van der Waals surface area contributed by atoms with Gasteiger partial charge >= 0.3 is 0 Å². The molecule has 0 aliphatic carbocycles. The van der Waals surface area contributed by atoms with E-state index in [1.54, 1.807) is 50.6 Å². The lowest BCUT2D eigenvalue weighted by Crippen LogP contribution is -2.13. The average Bonchev–Trinajstić information content (AvgIpc) is 2.56. The summed E-state index contributed by atoms with van der Waals surface area (Å²) < 4.78 is 15.9. The molecular weight excluding hydrogens is 270 g/mol. The van der Waals surface area contributed by atoms with Crippen molar-refractivity contribution in [2.45, 2.75) is 0 Å². The lowest BCUT2D eigenvalue weighted by molar-refractivity contribution is 0.302. The number of hydrogen-bond acceptors (Lipinski definition) is 5. The first-order chi connectivity index (χ1) is 10.3. The molecule has 0 aromatic heterocycles. The van der Waals surface area contributed by atoms with Crippen molar-refractivity contribution in [3.63, 3.8) is 0 Å². The van der Waals surface area contributed by atoms with Crippen LogP contribution in [0, 0.1) is 0 Å². The molecule has 0 aliphatic heterocycles. The SMILES string of the molecule is COc1ccc(C(COc2ccccc2OC)=NO)cc1. The van der Waals surface area contributed by atoms with Crippen LogP contribution in [0.5, 0.6) is 17.2 Å². The highest BCUT2D eigenvalue weighted by molar-refractivity contribution is 6.01. The molecule has 0 fully saturated rings. The Labute approximate surface area is 123 Å². The summed E-state index contributed by atoms with van der Waals surface area (Å²) in [7, 11) is 3.17. The van der Waals surface area contributed by atoms with Gasteiger partial charge in [0.15, 0.2) is 11.5 Å². The second-order valence-corrected chi connectivity index (χ2v) is 4.21.